The molecule has 6 rings (SSSR count). The second kappa shape index (κ2) is 13.4. The van der Waals surface area contributed by atoms with Crippen LogP contribution in [0.1, 0.15) is 60.1 Å². The third-order valence-electron chi connectivity index (χ3n) is 8.65. The Morgan fingerprint density at radius 2 is 1.86 bits per heavy atom. The van der Waals surface area contributed by atoms with E-state index in [1.54, 1.807) is 24.4 Å². The molecule has 3 aromatic carbocycles. The van der Waals surface area contributed by atoms with Crippen molar-refractivity contribution in [1.29, 1.82) is 0 Å². The summed E-state index contributed by atoms with van der Waals surface area (Å²) < 4.78 is 35.6. The van der Waals surface area contributed by atoms with Gasteiger partial charge in [0.05, 0.1) is 17.0 Å². The van der Waals surface area contributed by atoms with Gasteiger partial charge < -0.3 is 20.1 Å². The number of nitrogens with one attached hydrogen (secondary N) is 2. The Bertz CT molecular complexity index is 1660. The van der Waals surface area contributed by atoms with E-state index in [0.29, 0.717) is 30.9 Å². The Labute approximate surface area is 260 Å². The summed E-state index contributed by atoms with van der Waals surface area (Å²) >= 11 is 0. The van der Waals surface area contributed by atoms with Crippen LogP contribution >= 0.6 is 0 Å². The third-order valence-corrected chi connectivity index (χ3v) is 10.0. The molecule has 3 atom stereocenters. The molecule has 1 saturated heterocycles. The second-order valence-corrected chi connectivity index (χ2v) is 13.4. The van der Waals surface area contributed by atoms with Crippen LogP contribution in [0.2, 0.25) is 0 Å². The summed E-state index contributed by atoms with van der Waals surface area (Å²) in [4.78, 5) is 6.91. The van der Waals surface area contributed by atoms with E-state index in [2.05, 4.69) is 26.0 Å². The van der Waals surface area contributed by atoms with Crippen molar-refractivity contribution in [2.24, 2.45) is 0 Å². The van der Waals surface area contributed by atoms with Crippen molar-refractivity contribution >= 4 is 21.4 Å². The minimum Gasteiger partial charge on any atom is -0.489 e. The predicted octanol–water partition coefficient (Wildman–Crippen LogP) is 5.94. The lowest BCUT2D eigenvalue weighted by molar-refractivity contribution is 0.146. The van der Waals surface area contributed by atoms with Gasteiger partial charge in [0.25, 0.3) is 10.0 Å². The molecule has 3 unspecified atom stereocenters. The topological polar surface area (TPSA) is 104 Å². The van der Waals surface area contributed by atoms with Gasteiger partial charge in [-0.05, 0) is 110 Å². The number of fused-ring (bicyclic) bond motifs is 1. The Hall–Kier alpha value is -3.92. The number of anilines is 2. The number of sulfonamides is 1. The lowest BCUT2D eigenvalue weighted by Crippen LogP contribution is -2.36. The summed E-state index contributed by atoms with van der Waals surface area (Å²) in [5, 5.41) is 13.9. The SMILES string of the molecule is Cc1ccccc1C(O)CNCC1CCc2cc(S(=O)(=O)Nc3ccc(N4CCCCC4c4cccnc4)cc3)ccc2O1. The van der Waals surface area contributed by atoms with E-state index < -0.39 is 16.1 Å². The smallest absolute Gasteiger partial charge is 0.261 e. The molecule has 4 aromatic rings. The van der Waals surface area contributed by atoms with Crippen LogP contribution in [0.3, 0.4) is 0 Å². The highest BCUT2D eigenvalue weighted by Gasteiger charge is 2.26. The Morgan fingerprint density at radius 1 is 1.02 bits per heavy atom. The van der Waals surface area contributed by atoms with Crippen LogP contribution in [-0.4, -0.2) is 44.2 Å². The summed E-state index contributed by atoms with van der Waals surface area (Å²) in [7, 11) is -3.77. The molecule has 0 amide bonds. The van der Waals surface area contributed by atoms with Gasteiger partial charge in [0.1, 0.15) is 11.9 Å². The van der Waals surface area contributed by atoms with E-state index in [-0.39, 0.29) is 17.0 Å². The normalized spacial score (nSPS) is 19.1. The van der Waals surface area contributed by atoms with Gasteiger partial charge in [-0.3, -0.25) is 9.71 Å². The fourth-order valence-electron chi connectivity index (χ4n) is 6.28. The van der Waals surface area contributed by atoms with E-state index in [1.807, 2.05) is 67.7 Å². The molecule has 8 nitrogen and oxygen atoms in total. The summed E-state index contributed by atoms with van der Waals surface area (Å²) in [5.74, 6) is 0.704. The Kier molecular flexibility index (Phi) is 9.16. The van der Waals surface area contributed by atoms with Crippen molar-refractivity contribution in [3.63, 3.8) is 0 Å². The number of ether oxygens (including phenoxy) is 1. The van der Waals surface area contributed by atoms with Crippen molar-refractivity contribution < 1.29 is 18.3 Å². The van der Waals surface area contributed by atoms with Gasteiger partial charge in [0.15, 0.2) is 0 Å². The Morgan fingerprint density at radius 3 is 2.66 bits per heavy atom. The highest BCUT2D eigenvalue weighted by atomic mass is 32.2. The van der Waals surface area contributed by atoms with Crippen LogP contribution in [0.25, 0.3) is 0 Å². The predicted molar refractivity (Wildman–Crippen MR) is 174 cm³/mol. The third kappa shape index (κ3) is 6.90. The lowest BCUT2D eigenvalue weighted by Gasteiger charge is -2.37. The van der Waals surface area contributed by atoms with E-state index in [9.17, 15) is 13.5 Å². The lowest BCUT2D eigenvalue weighted by atomic mass is 9.95. The summed E-state index contributed by atoms with van der Waals surface area (Å²) in [6.45, 7) is 3.98. The zero-order chi connectivity index (χ0) is 30.5. The van der Waals surface area contributed by atoms with Crippen LogP contribution < -0.4 is 19.7 Å². The molecule has 44 heavy (non-hydrogen) atoms. The van der Waals surface area contributed by atoms with Gasteiger partial charge in [0.2, 0.25) is 0 Å². The van der Waals surface area contributed by atoms with Gasteiger partial charge >= 0.3 is 0 Å². The summed E-state index contributed by atoms with van der Waals surface area (Å²) in [6, 6.07) is 24.9. The minimum absolute atomic E-state index is 0.0525. The van der Waals surface area contributed by atoms with E-state index >= 15 is 0 Å². The molecule has 2 aliphatic heterocycles. The summed E-state index contributed by atoms with van der Waals surface area (Å²) in [5.41, 5.74) is 5.66. The first kappa shape index (κ1) is 30.1. The molecule has 0 aliphatic carbocycles. The number of hydrogen-bond acceptors (Lipinski definition) is 7. The maximum Gasteiger partial charge on any atom is 0.261 e. The number of benzene rings is 3. The monoisotopic (exact) mass is 612 g/mol. The maximum absolute atomic E-state index is 13.3. The second-order valence-electron chi connectivity index (χ2n) is 11.7. The molecule has 1 aromatic heterocycles. The number of aromatic nitrogens is 1. The first-order chi connectivity index (χ1) is 21.4. The zero-order valence-corrected chi connectivity index (χ0v) is 25.8. The molecule has 3 heterocycles. The van der Waals surface area contributed by atoms with Gasteiger partial charge in [-0.15, -0.1) is 0 Å². The molecule has 0 bridgehead atoms. The van der Waals surface area contributed by atoms with E-state index in [1.165, 1.54) is 12.0 Å². The number of hydrogen-bond donors (Lipinski definition) is 3. The van der Waals surface area contributed by atoms with Crippen molar-refractivity contribution in [2.45, 2.75) is 62.2 Å². The zero-order valence-electron chi connectivity index (χ0n) is 25.0. The molecule has 0 spiro atoms. The van der Waals surface area contributed by atoms with Crippen LogP contribution in [-0.2, 0) is 16.4 Å². The van der Waals surface area contributed by atoms with Gasteiger partial charge in [-0.25, -0.2) is 8.42 Å². The first-order valence-corrected chi connectivity index (χ1v) is 16.9. The number of aryl methyl sites for hydroxylation is 2. The van der Waals surface area contributed by atoms with Crippen LogP contribution in [0.15, 0.2) is 96.2 Å². The number of aliphatic hydroxyl groups excluding tert-OH is 1. The molecule has 230 valence electrons. The van der Waals surface area contributed by atoms with Crippen molar-refractivity contribution in [3.05, 3.63) is 114 Å². The van der Waals surface area contributed by atoms with Crippen molar-refractivity contribution in [2.75, 3.05) is 29.3 Å². The summed E-state index contributed by atoms with van der Waals surface area (Å²) in [6.07, 6.45) is 7.94. The highest BCUT2D eigenvalue weighted by Crippen LogP contribution is 2.36. The fraction of sp³-hybridized carbons (Fsp3) is 0.343. The molecule has 0 saturated carbocycles. The number of pyridine rings is 1. The largest absolute Gasteiger partial charge is 0.489 e. The van der Waals surface area contributed by atoms with Crippen LogP contribution in [0.5, 0.6) is 5.75 Å². The molecular weight excluding hydrogens is 572 g/mol. The molecule has 9 heteroatoms. The van der Waals surface area contributed by atoms with Gasteiger partial charge in [0, 0.05) is 43.4 Å². The van der Waals surface area contributed by atoms with E-state index in [0.717, 1.165) is 48.2 Å². The highest BCUT2D eigenvalue weighted by molar-refractivity contribution is 7.92. The van der Waals surface area contributed by atoms with Crippen LogP contribution in [0, 0.1) is 6.92 Å². The quantitative estimate of drug-likeness (QED) is 0.204. The van der Waals surface area contributed by atoms with Crippen LogP contribution in [0.4, 0.5) is 11.4 Å². The first-order valence-electron chi connectivity index (χ1n) is 15.4. The van der Waals surface area contributed by atoms with Gasteiger partial charge in [-0.2, -0.15) is 0 Å². The molecule has 0 radical (unpaired) electrons. The fourth-order valence-corrected chi connectivity index (χ4v) is 7.39. The maximum atomic E-state index is 13.3. The van der Waals surface area contributed by atoms with Crippen molar-refractivity contribution in [3.8, 4) is 5.75 Å². The number of aliphatic hydroxyl groups is 1. The average molecular weight is 613 g/mol. The average Bonchev–Trinajstić information content (AvgIpc) is 3.05. The molecular formula is C35H40N4O4S. The number of rotatable bonds is 10. The molecule has 3 N–H and O–H groups in total. The molecule has 1 fully saturated rings. The standard InChI is InChI=1S/C35H40N4O4S/c1-25-7-2-3-9-32(25)34(40)24-37-23-30-16-11-26-21-31(17-18-35(26)43-30)44(41,42)38-28-12-14-29(15-13-28)39-20-5-4-10-33(39)27-8-6-19-36-22-27/h2-3,6-9,12-15,17-19,21-22,30,33-34,37-38,40H,4-5,10-11,16,20,23-24H2,1H3. The van der Waals surface area contributed by atoms with Gasteiger partial charge in [-0.1, -0.05) is 30.3 Å². The van der Waals surface area contributed by atoms with E-state index in [4.69, 9.17) is 4.74 Å². The van der Waals surface area contributed by atoms with Crippen molar-refractivity contribution in [1.82, 2.24) is 10.3 Å². The minimum atomic E-state index is -3.77. The Balaban J connectivity index is 1.05. The number of piperidine rings is 1. The number of nitrogens with zero attached hydrogens (tertiary/aromatic N) is 2. The molecule has 2 aliphatic rings.